The Bertz CT molecular complexity index is 652. The molecule has 0 radical (unpaired) electrons. The zero-order valence-electron chi connectivity index (χ0n) is 11.2. The van der Waals surface area contributed by atoms with Crippen LogP contribution in [0, 0.1) is 0 Å². The SMILES string of the molecule is CCn1nc(CC2=CC(=O)CCC2)c2ccccc21. The van der Waals surface area contributed by atoms with E-state index in [4.69, 9.17) is 5.10 Å². The van der Waals surface area contributed by atoms with Crippen LogP contribution in [0.1, 0.15) is 31.9 Å². The van der Waals surface area contributed by atoms with Crippen LogP contribution in [0.5, 0.6) is 0 Å². The first-order valence-electron chi connectivity index (χ1n) is 6.94. The minimum absolute atomic E-state index is 0.264. The van der Waals surface area contributed by atoms with Crippen LogP contribution in [0.15, 0.2) is 35.9 Å². The number of benzene rings is 1. The van der Waals surface area contributed by atoms with Gasteiger partial charge in [-0.05, 0) is 31.9 Å². The van der Waals surface area contributed by atoms with Crippen molar-refractivity contribution < 1.29 is 4.79 Å². The fourth-order valence-electron chi connectivity index (χ4n) is 2.78. The van der Waals surface area contributed by atoms with Gasteiger partial charge in [0.2, 0.25) is 0 Å². The molecule has 19 heavy (non-hydrogen) atoms. The lowest BCUT2D eigenvalue weighted by Crippen LogP contribution is -2.05. The summed E-state index contributed by atoms with van der Waals surface area (Å²) >= 11 is 0. The Labute approximate surface area is 112 Å². The highest BCUT2D eigenvalue weighted by Gasteiger charge is 2.14. The third-order valence-corrected chi connectivity index (χ3v) is 3.71. The maximum absolute atomic E-state index is 11.5. The van der Waals surface area contributed by atoms with Crippen molar-refractivity contribution in [2.45, 2.75) is 39.2 Å². The summed E-state index contributed by atoms with van der Waals surface area (Å²) in [5.41, 5.74) is 3.50. The topological polar surface area (TPSA) is 34.9 Å². The predicted molar refractivity (Wildman–Crippen MR) is 76.1 cm³/mol. The fourth-order valence-corrected chi connectivity index (χ4v) is 2.78. The number of allylic oxidation sites excluding steroid dienone is 2. The number of carbonyl (C=O) groups excluding carboxylic acids is 1. The van der Waals surface area contributed by atoms with Crippen molar-refractivity contribution in [3.05, 3.63) is 41.6 Å². The van der Waals surface area contributed by atoms with E-state index >= 15 is 0 Å². The van der Waals surface area contributed by atoms with Crippen LogP contribution in [-0.4, -0.2) is 15.6 Å². The lowest BCUT2D eigenvalue weighted by molar-refractivity contribution is -0.115. The first-order valence-corrected chi connectivity index (χ1v) is 6.94. The van der Waals surface area contributed by atoms with Crippen LogP contribution < -0.4 is 0 Å². The molecule has 0 saturated carbocycles. The zero-order valence-corrected chi connectivity index (χ0v) is 11.2. The van der Waals surface area contributed by atoms with E-state index < -0.39 is 0 Å². The van der Waals surface area contributed by atoms with Gasteiger partial charge in [0.05, 0.1) is 11.2 Å². The van der Waals surface area contributed by atoms with Crippen molar-refractivity contribution >= 4 is 16.7 Å². The molecule has 0 amide bonds. The van der Waals surface area contributed by atoms with E-state index in [2.05, 4.69) is 19.1 Å². The molecular weight excluding hydrogens is 236 g/mol. The summed E-state index contributed by atoms with van der Waals surface area (Å²) in [7, 11) is 0. The molecule has 0 atom stereocenters. The summed E-state index contributed by atoms with van der Waals surface area (Å²) < 4.78 is 2.04. The predicted octanol–water partition coefficient (Wildman–Crippen LogP) is 3.28. The van der Waals surface area contributed by atoms with Crippen molar-refractivity contribution in [2.24, 2.45) is 0 Å². The molecule has 1 heterocycles. The van der Waals surface area contributed by atoms with Crippen molar-refractivity contribution in [3.63, 3.8) is 0 Å². The highest BCUT2D eigenvalue weighted by molar-refractivity contribution is 5.91. The second-order valence-corrected chi connectivity index (χ2v) is 5.08. The van der Waals surface area contributed by atoms with Gasteiger partial charge in [-0.3, -0.25) is 9.48 Å². The van der Waals surface area contributed by atoms with Crippen LogP contribution in [-0.2, 0) is 17.8 Å². The maximum Gasteiger partial charge on any atom is 0.155 e. The molecule has 1 aromatic carbocycles. The summed E-state index contributed by atoms with van der Waals surface area (Å²) in [4.78, 5) is 11.5. The standard InChI is InChI=1S/C16H18N2O/c1-2-18-16-9-4-3-8-14(16)15(17-18)11-12-6-5-7-13(19)10-12/h3-4,8-10H,2,5-7,11H2,1H3. The Hall–Kier alpha value is -1.90. The summed E-state index contributed by atoms with van der Waals surface area (Å²) in [6.45, 7) is 2.98. The van der Waals surface area contributed by atoms with Gasteiger partial charge in [-0.2, -0.15) is 5.10 Å². The molecular formula is C16H18N2O. The molecule has 0 fully saturated rings. The molecule has 1 aromatic heterocycles. The first-order chi connectivity index (χ1) is 9.28. The zero-order chi connectivity index (χ0) is 13.2. The monoisotopic (exact) mass is 254 g/mol. The first kappa shape index (κ1) is 12.2. The number of aromatic nitrogens is 2. The number of aryl methyl sites for hydroxylation is 1. The Balaban J connectivity index is 1.99. The molecule has 3 heteroatoms. The summed E-state index contributed by atoms with van der Waals surface area (Å²) in [5, 5.41) is 5.90. The Morgan fingerprint density at radius 1 is 1.26 bits per heavy atom. The van der Waals surface area contributed by atoms with Gasteiger partial charge in [0, 0.05) is 24.8 Å². The van der Waals surface area contributed by atoms with E-state index in [1.54, 1.807) is 0 Å². The van der Waals surface area contributed by atoms with E-state index in [1.165, 1.54) is 16.5 Å². The summed E-state index contributed by atoms with van der Waals surface area (Å²) in [5.74, 6) is 0.264. The second kappa shape index (κ2) is 5.00. The van der Waals surface area contributed by atoms with Gasteiger partial charge in [-0.1, -0.05) is 23.8 Å². The highest BCUT2D eigenvalue weighted by atomic mass is 16.1. The molecule has 1 aliphatic carbocycles. The number of rotatable bonds is 3. The Morgan fingerprint density at radius 3 is 2.89 bits per heavy atom. The lowest BCUT2D eigenvalue weighted by Gasteiger charge is -2.10. The molecule has 98 valence electrons. The quantitative estimate of drug-likeness (QED) is 0.842. The highest BCUT2D eigenvalue weighted by Crippen LogP contribution is 2.24. The third-order valence-electron chi connectivity index (χ3n) is 3.71. The van der Waals surface area contributed by atoms with E-state index in [-0.39, 0.29) is 5.78 Å². The van der Waals surface area contributed by atoms with Crippen molar-refractivity contribution in [3.8, 4) is 0 Å². The Morgan fingerprint density at radius 2 is 2.11 bits per heavy atom. The number of hydrogen-bond donors (Lipinski definition) is 0. The van der Waals surface area contributed by atoms with Crippen LogP contribution in [0.4, 0.5) is 0 Å². The average Bonchev–Trinajstić information content (AvgIpc) is 2.77. The Kier molecular flexibility index (Phi) is 3.20. The molecule has 0 unspecified atom stereocenters. The van der Waals surface area contributed by atoms with E-state index in [0.29, 0.717) is 6.42 Å². The lowest BCUT2D eigenvalue weighted by atomic mass is 9.94. The van der Waals surface area contributed by atoms with E-state index in [9.17, 15) is 4.79 Å². The second-order valence-electron chi connectivity index (χ2n) is 5.08. The molecule has 3 nitrogen and oxygen atoms in total. The van der Waals surface area contributed by atoms with Crippen LogP contribution in [0.3, 0.4) is 0 Å². The molecule has 0 spiro atoms. The summed E-state index contributed by atoms with van der Waals surface area (Å²) in [6.07, 6.45) is 5.34. The van der Waals surface area contributed by atoms with Gasteiger partial charge in [-0.25, -0.2) is 0 Å². The number of fused-ring (bicyclic) bond motifs is 1. The van der Waals surface area contributed by atoms with Crippen LogP contribution in [0.2, 0.25) is 0 Å². The van der Waals surface area contributed by atoms with Crippen LogP contribution in [0.25, 0.3) is 10.9 Å². The number of para-hydroxylation sites is 1. The van der Waals surface area contributed by atoms with Gasteiger partial charge in [0.15, 0.2) is 5.78 Å². The van der Waals surface area contributed by atoms with Crippen molar-refractivity contribution in [1.82, 2.24) is 9.78 Å². The van der Waals surface area contributed by atoms with Crippen LogP contribution >= 0.6 is 0 Å². The minimum atomic E-state index is 0.264. The fraction of sp³-hybridized carbons (Fsp3) is 0.375. The largest absolute Gasteiger partial charge is 0.295 e. The molecule has 0 bridgehead atoms. The number of carbonyl (C=O) groups is 1. The van der Waals surface area contributed by atoms with Crippen molar-refractivity contribution in [2.75, 3.05) is 0 Å². The van der Waals surface area contributed by atoms with Gasteiger partial charge in [0.1, 0.15) is 0 Å². The average molecular weight is 254 g/mol. The molecule has 0 N–H and O–H groups in total. The molecule has 0 saturated heterocycles. The minimum Gasteiger partial charge on any atom is -0.295 e. The van der Waals surface area contributed by atoms with E-state index in [1.807, 2.05) is 22.9 Å². The molecule has 0 aliphatic heterocycles. The number of hydrogen-bond acceptors (Lipinski definition) is 2. The molecule has 3 rings (SSSR count). The van der Waals surface area contributed by atoms with E-state index in [0.717, 1.165) is 31.5 Å². The van der Waals surface area contributed by atoms with Gasteiger partial charge in [-0.15, -0.1) is 0 Å². The van der Waals surface area contributed by atoms with Gasteiger partial charge < -0.3 is 0 Å². The number of ketones is 1. The van der Waals surface area contributed by atoms with Crippen molar-refractivity contribution in [1.29, 1.82) is 0 Å². The number of nitrogens with zero attached hydrogens (tertiary/aromatic N) is 2. The normalized spacial score (nSPS) is 15.8. The molecule has 2 aromatic rings. The van der Waals surface area contributed by atoms with Gasteiger partial charge in [0.25, 0.3) is 0 Å². The maximum atomic E-state index is 11.5. The third kappa shape index (κ3) is 2.33. The van der Waals surface area contributed by atoms with Gasteiger partial charge >= 0.3 is 0 Å². The summed E-state index contributed by atoms with van der Waals surface area (Å²) in [6, 6.07) is 8.32. The molecule has 1 aliphatic rings. The smallest absolute Gasteiger partial charge is 0.155 e.